The van der Waals surface area contributed by atoms with E-state index < -0.39 is 11.9 Å². The van der Waals surface area contributed by atoms with Gasteiger partial charge in [-0.05, 0) is 11.5 Å². The molecule has 4 heteroatoms. The lowest BCUT2D eigenvalue weighted by atomic mass is 9.83. The van der Waals surface area contributed by atoms with Crippen molar-refractivity contribution in [1.82, 2.24) is 0 Å². The fraction of sp³-hybridized carbons (Fsp3) is 0.455. The molecule has 2 nitrogen and oxygen atoms in total. The summed E-state index contributed by atoms with van der Waals surface area (Å²) >= 11 is 5.71. The Morgan fingerprint density at radius 3 is 2.40 bits per heavy atom. The Hall–Kier alpha value is -0.800. The van der Waals surface area contributed by atoms with E-state index >= 15 is 0 Å². The second-order valence-corrected chi connectivity index (χ2v) is 5.08. The van der Waals surface area contributed by atoms with Gasteiger partial charge >= 0.3 is 0 Å². The summed E-state index contributed by atoms with van der Waals surface area (Å²) in [6.07, 6.45) is 0. The fourth-order valence-corrected chi connectivity index (χ4v) is 1.43. The average Bonchev–Trinajstić information content (AvgIpc) is 2.08. The molecule has 0 amide bonds. The van der Waals surface area contributed by atoms with Crippen molar-refractivity contribution in [1.29, 1.82) is 0 Å². The molecule has 1 unspecified atom stereocenters. The second-order valence-electron chi connectivity index (χ2n) is 4.67. The highest BCUT2D eigenvalue weighted by molar-refractivity contribution is 6.32. The van der Waals surface area contributed by atoms with E-state index in [0.29, 0.717) is 5.56 Å². The smallest absolute Gasteiger partial charge is 0.137 e. The van der Waals surface area contributed by atoms with Gasteiger partial charge < -0.3 is 10.8 Å². The Bertz CT molecular complexity index is 374. The van der Waals surface area contributed by atoms with Crippen LogP contribution < -0.4 is 5.73 Å². The first-order valence-corrected chi connectivity index (χ1v) is 5.04. The quantitative estimate of drug-likeness (QED) is 0.780. The normalized spacial score (nSPS) is 14.0. The molecule has 0 spiro atoms. The number of benzene rings is 1. The SMILES string of the molecule is CC(C)(C)C(N)c1cc(Cl)c(O)cc1F. The number of rotatable bonds is 1. The largest absolute Gasteiger partial charge is 0.506 e. The number of phenols is 1. The van der Waals surface area contributed by atoms with Gasteiger partial charge in [0.05, 0.1) is 5.02 Å². The lowest BCUT2D eigenvalue weighted by Gasteiger charge is -2.27. The molecule has 1 aromatic rings. The van der Waals surface area contributed by atoms with E-state index in [2.05, 4.69) is 0 Å². The van der Waals surface area contributed by atoms with Gasteiger partial charge in [0.2, 0.25) is 0 Å². The molecule has 0 aromatic heterocycles. The van der Waals surface area contributed by atoms with Crippen LogP contribution in [-0.4, -0.2) is 5.11 Å². The number of hydrogen-bond donors (Lipinski definition) is 2. The summed E-state index contributed by atoms with van der Waals surface area (Å²) in [5.41, 5.74) is 5.97. The van der Waals surface area contributed by atoms with E-state index in [-0.39, 0.29) is 16.2 Å². The first-order valence-electron chi connectivity index (χ1n) is 4.67. The number of nitrogens with two attached hydrogens (primary N) is 1. The molecule has 1 rings (SSSR count). The average molecular weight is 232 g/mol. The van der Waals surface area contributed by atoms with E-state index in [4.69, 9.17) is 17.3 Å². The van der Waals surface area contributed by atoms with Gasteiger partial charge in [-0.3, -0.25) is 0 Å². The molecule has 0 aliphatic heterocycles. The van der Waals surface area contributed by atoms with Crippen molar-refractivity contribution in [3.8, 4) is 5.75 Å². The lowest BCUT2D eigenvalue weighted by molar-refractivity contribution is 0.318. The fourth-order valence-electron chi connectivity index (χ4n) is 1.26. The molecular formula is C11H15ClFNO. The van der Waals surface area contributed by atoms with E-state index in [1.807, 2.05) is 20.8 Å². The van der Waals surface area contributed by atoms with Crippen molar-refractivity contribution in [3.63, 3.8) is 0 Å². The molecule has 84 valence electrons. The summed E-state index contributed by atoms with van der Waals surface area (Å²) in [5.74, 6) is -0.793. The van der Waals surface area contributed by atoms with E-state index in [9.17, 15) is 9.50 Å². The minimum absolute atomic E-state index is 0.117. The molecule has 0 heterocycles. The van der Waals surface area contributed by atoms with Crippen LogP contribution >= 0.6 is 11.6 Å². The summed E-state index contributed by atoms with van der Waals surface area (Å²) in [6.45, 7) is 5.74. The molecule has 0 radical (unpaired) electrons. The summed E-state index contributed by atoms with van der Waals surface area (Å²) in [4.78, 5) is 0. The Morgan fingerprint density at radius 2 is 1.93 bits per heavy atom. The van der Waals surface area contributed by atoms with Crippen LogP contribution in [0.15, 0.2) is 12.1 Å². The van der Waals surface area contributed by atoms with Gasteiger partial charge in [-0.2, -0.15) is 0 Å². The third-order valence-corrected chi connectivity index (χ3v) is 2.64. The molecule has 0 bridgehead atoms. The Labute approximate surface area is 93.9 Å². The van der Waals surface area contributed by atoms with Crippen LogP contribution in [0.25, 0.3) is 0 Å². The van der Waals surface area contributed by atoms with Crippen molar-refractivity contribution >= 4 is 11.6 Å². The molecular weight excluding hydrogens is 217 g/mol. The van der Waals surface area contributed by atoms with Crippen LogP contribution in [0.1, 0.15) is 32.4 Å². The number of aromatic hydroxyl groups is 1. The third-order valence-electron chi connectivity index (χ3n) is 2.33. The van der Waals surface area contributed by atoms with Crippen molar-refractivity contribution in [2.24, 2.45) is 11.1 Å². The molecule has 0 saturated carbocycles. The maximum absolute atomic E-state index is 13.5. The first kappa shape index (κ1) is 12.3. The lowest BCUT2D eigenvalue weighted by Crippen LogP contribution is -2.27. The molecule has 0 fully saturated rings. The molecule has 15 heavy (non-hydrogen) atoms. The minimum Gasteiger partial charge on any atom is -0.506 e. The van der Waals surface area contributed by atoms with E-state index in [0.717, 1.165) is 6.07 Å². The Kier molecular flexibility index (Phi) is 3.26. The zero-order chi connectivity index (χ0) is 11.8. The molecule has 0 aliphatic carbocycles. The summed E-state index contributed by atoms with van der Waals surface area (Å²) in [6, 6.07) is 1.90. The van der Waals surface area contributed by atoms with Crippen LogP contribution in [0, 0.1) is 11.2 Å². The van der Waals surface area contributed by atoms with E-state index in [1.54, 1.807) is 0 Å². The summed E-state index contributed by atoms with van der Waals surface area (Å²) < 4.78 is 13.5. The monoisotopic (exact) mass is 231 g/mol. The minimum atomic E-state index is -0.528. The van der Waals surface area contributed by atoms with Crippen molar-refractivity contribution in [2.75, 3.05) is 0 Å². The van der Waals surface area contributed by atoms with Gasteiger partial charge in [-0.1, -0.05) is 32.4 Å². The van der Waals surface area contributed by atoms with Crippen molar-refractivity contribution in [2.45, 2.75) is 26.8 Å². The van der Waals surface area contributed by atoms with Gasteiger partial charge in [-0.15, -0.1) is 0 Å². The van der Waals surface area contributed by atoms with Gasteiger partial charge in [-0.25, -0.2) is 4.39 Å². The van der Waals surface area contributed by atoms with Crippen LogP contribution in [-0.2, 0) is 0 Å². The number of halogens is 2. The Balaban J connectivity index is 3.21. The Morgan fingerprint density at radius 1 is 1.40 bits per heavy atom. The highest BCUT2D eigenvalue weighted by Crippen LogP contribution is 2.35. The predicted molar refractivity (Wildman–Crippen MR) is 59.5 cm³/mol. The van der Waals surface area contributed by atoms with Crippen molar-refractivity contribution in [3.05, 3.63) is 28.5 Å². The zero-order valence-electron chi connectivity index (χ0n) is 9.01. The van der Waals surface area contributed by atoms with Gasteiger partial charge in [0, 0.05) is 17.7 Å². The van der Waals surface area contributed by atoms with Crippen LogP contribution in [0.2, 0.25) is 5.02 Å². The zero-order valence-corrected chi connectivity index (χ0v) is 9.77. The van der Waals surface area contributed by atoms with E-state index in [1.165, 1.54) is 6.07 Å². The van der Waals surface area contributed by atoms with Gasteiger partial charge in [0.25, 0.3) is 0 Å². The molecule has 1 atom stereocenters. The maximum Gasteiger partial charge on any atom is 0.137 e. The maximum atomic E-state index is 13.5. The van der Waals surface area contributed by atoms with Gasteiger partial charge in [0.1, 0.15) is 11.6 Å². The summed E-state index contributed by atoms with van der Waals surface area (Å²) in [7, 11) is 0. The topological polar surface area (TPSA) is 46.2 Å². The first-order chi connectivity index (χ1) is 6.73. The molecule has 0 aliphatic rings. The van der Waals surface area contributed by atoms with Crippen molar-refractivity contribution < 1.29 is 9.50 Å². The molecule has 3 N–H and O–H groups in total. The van der Waals surface area contributed by atoms with Crippen LogP contribution in [0.4, 0.5) is 4.39 Å². The third kappa shape index (κ3) is 2.61. The van der Waals surface area contributed by atoms with Crippen LogP contribution in [0.5, 0.6) is 5.75 Å². The van der Waals surface area contributed by atoms with Crippen LogP contribution in [0.3, 0.4) is 0 Å². The standard InChI is InChI=1S/C11H15ClFNO/c1-11(2,3)10(14)6-4-7(12)9(15)5-8(6)13/h4-5,10,15H,14H2,1-3H3. The predicted octanol–water partition coefficient (Wildman–Crippen LogP) is 3.23. The molecule has 1 aromatic carbocycles. The number of hydrogen-bond acceptors (Lipinski definition) is 2. The number of phenolic OH excluding ortho intramolecular Hbond substituents is 1. The highest BCUT2D eigenvalue weighted by atomic mass is 35.5. The summed E-state index contributed by atoms with van der Waals surface area (Å²) in [5, 5.41) is 9.31. The van der Waals surface area contributed by atoms with Gasteiger partial charge in [0.15, 0.2) is 0 Å². The molecule has 0 saturated heterocycles. The second kappa shape index (κ2) is 3.99. The highest BCUT2D eigenvalue weighted by Gasteiger charge is 2.25.